The lowest BCUT2D eigenvalue weighted by molar-refractivity contribution is -0.140. The van der Waals surface area contributed by atoms with Crippen LogP contribution in [-0.2, 0) is 16.2 Å². The zero-order valence-electron chi connectivity index (χ0n) is 18.9. The minimum atomic E-state index is -0.465. The Hall–Kier alpha value is -3.44. The van der Waals surface area contributed by atoms with E-state index < -0.39 is 5.97 Å². The van der Waals surface area contributed by atoms with Crippen LogP contribution in [0.4, 0.5) is 0 Å². The predicted octanol–water partition coefficient (Wildman–Crippen LogP) is 6.25. The third kappa shape index (κ3) is 4.55. The van der Waals surface area contributed by atoms with Crippen LogP contribution in [0.3, 0.4) is 0 Å². The highest BCUT2D eigenvalue weighted by molar-refractivity contribution is 6.18. The van der Waals surface area contributed by atoms with Crippen molar-refractivity contribution >= 4 is 50.9 Å². The Bertz CT molecular complexity index is 1400. The Morgan fingerprint density at radius 3 is 2.21 bits per heavy atom. The lowest BCUT2D eigenvalue weighted by atomic mass is 9.97. The number of nitrogens with zero attached hydrogens (tertiary/aromatic N) is 2. The summed E-state index contributed by atoms with van der Waals surface area (Å²) in [6.45, 7) is 5.83. The summed E-state index contributed by atoms with van der Waals surface area (Å²) < 4.78 is 2.23. The first-order chi connectivity index (χ1) is 15.9. The van der Waals surface area contributed by atoms with Crippen LogP contribution < -0.4 is 0 Å². The zero-order valence-corrected chi connectivity index (χ0v) is 19.6. The van der Waals surface area contributed by atoms with Crippen molar-refractivity contribution in [2.24, 2.45) is 5.16 Å². The van der Waals surface area contributed by atoms with Crippen molar-refractivity contribution in [1.82, 2.24) is 4.57 Å². The van der Waals surface area contributed by atoms with Gasteiger partial charge in [0.05, 0.1) is 5.71 Å². The molecule has 0 aliphatic rings. The van der Waals surface area contributed by atoms with Crippen molar-refractivity contribution < 1.29 is 14.4 Å². The molecule has 0 atom stereocenters. The van der Waals surface area contributed by atoms with Crippen LogP contribution in [0, 0.1) is 6.92 Å². The smallest absolute Gasteiger partial charge is 0.331 e. The van der Waals surface area contributed by atoms with Gasteiger partial charge in [0.15, 0.2) is 5.78 Å². The number of fused-ring (bicyclic) bond motifs is 3. The van der Waals surface area contributed by atoms with Crippen molar-refractivity contribution in [2.75, 3.05) is 5.88 Å². The number of hydrogen-bond acceptors (Lipinski definition) is 4. The maximum atomic E-state index is 13.3. The Kier molecular flexibility index (Phi) is 6.61. The number of ketones is 1. The summed E-state index contributed by atoms with van der Waals surface area (Å²) in [5.41, 5.74) is 5.84. The van der Waals surface area contributed by atoms with Crippen LogP contribution in [0.25, 0.3) is 21.8 Å². The van der Waals surface area contributed by atoms with Gasteiger partial charge in [0.25, 0.3) is 0 Å². The molecule has 0 bridgehead atoms. The van der Waals surface area contributed by atoms with E-state index in [1.165, 1.54) is 6.92 Å². The van der Waals surface area contributed by atoms with Gasteiger partial charge in [-0.05, 0) is 61.7 Å². The average molecular weight is 461 g/mol. The van der Waals surface area contributed by atoms with E-state index in [9.17, 15) is 9.59 Å². The van der Waals surface area contributed by atoms with Gasteiger partial charge >= 0.3 is 5.97 Å². The molecular formula is C27H25ClN2O3. The number of rotatable bonds is 7. The molecule has 1 heterocycles. The molecule has 4 rings (SSSR count). The number of oxime groups is 1. The third-order valence-corrected chi connectivity index (χ3v) is 6.03. The average Bonchev–Trinajstić information content (AvgIpc) is 3.13. The fourth-order valence-corrected chi connectivity index (χ4v) is 4.22. The van der Waals surface area contributed by atoms with E-state index in [-0.39, 0.29) is 5.78 Å². The van der Waals surface area contributed by atoms with Crippen molar-refractivity contribution in [3.8, 4) is 0 Å². The topological polar surface area (TPSA) is 60.7 Å². The number of carbonyl (C=O) groups is 2. The number of aryl methyl sites for hydroxylation is 2. The van der Waals surface area contributed by atoms with E-state index >= 15 is 0 Å². The van der Waals surface area contributed by atoms with Crippen LogP contribution in [0.1, 0.15) is 47.3 Å². The van der Waals surface area contributed by atoms with Crippen molar-refractivity contribution in [3.05, 3.63) is 82.9 Å². The molecule has 0 saturated heterocycles. The van der Waals surface area contributed by atoms with E-state index in [4.69, 9.17) is 16.4 Å². The fourth-order valence-electron chi connectivity index (χ4n) is 4.10. The van der Waals surface area contributed by atoms with E-state index in [0.717, 1.165) is 45.9 Å². The number of carbonyl (C=O) groups excluding carboxylic acids is 2. The summed E-state index contributed by atoms with van der Waals surface area (Å²) in [6, 6.07) is 19.5. The van der Waals surface area contributed by atoms with Crippen molar-refractivity contribution in [3.63, 3.8) is 0 Å². The maximum Gasteiger partial charge on any atom is 0.331 e. The highest BCUT2D eigenvalue weighted by Crippen LogP contribution is 2.32. The molecule has 5 nitrogen and oxygen atoms in total. The van der Waals surface area contributed by atoms with Gasteiger partial charge in [-0.3, -0.25) is 4.79 Å². The first-order valence-electron chi connectivity index (χ1n) is 10.9. The molecule has 0 radical (unpaired) electrons. The van der Waals surface area contributed by atoms with Crippen LogP contribution in [0.15, 0.2) is 65.8 Å². The second-order valence-corrected chi connectivity index (χ2v) is 8.44. The number of alkyl halides is 1. The molecule has 0 fully saturated rings. The predicted molar refractivity (Wildman–Crippen MR) is 133 cm³/mol. The molecule has 33 heavy (non-hydrogen) atoms. The largest absolute Gasteiger partial charge is 0.340 e. The molecular weight excluding hydrogens is 436 g/mol. The van der Waals surface area contributed by atoms with E-state index in [1.54, 1.807) is 6.92 Å². The molecule has 0 aliphatic heterocycles. The standard InChI is InChI=1S/C27H25ClN2O3/c1-17-7-4-5-8-22(17)27(32)21-10-12-26-24(16-21)23-15-20(18(2)29-33-19(3)31)9-11-25(23)30(26)14-6-13-28/h4-5,7-12,15-16H,6,13-14H2,1-3H3/b29-18+. The van der Waals surface area contributed by atoms with Crippen LogP contribution in [0.5, 0.6) is 0 Å². The summed E-state index contributed by atoms with van der Waals surface area (Å²) in [5.74, 6) is 0.102. The molecule has 0 N–H and O–H groups in total. The monoisotopic (exact) mass is 460 g/mol. The molecule has 0 spiro atoms. The summed E-state index contributed by atoms with van der Waals surface area (Å²) >= 11 is 5.98. The number of benzene rings is 3. The Balaban J connectivity index is 1.89. The molecule has 0 aliphatic carbocycles. The lowest BCUT2D eigenvalue weighted by Crippen LogP contribution is -2.03. The first kappa shape index (κ1) is 22.7. The summed E-state index contributed by atoms with van der Waals surface area (Å²) in [7, 11) is 0. The maximum absolute atomic E-state index is 13.3. The summed E-state index contributed by atoms with van der Waals surface area (Å²) in [4.78, 5) is 29.2. The quantitative estimate of drug-likeness (QED) is 0.108. The molecule has 0 unspecified atom stereocenters. The molecule has 0 saturated carbocycles. The van der Waals surface area contributed by atoms with Gasteiger partial charge in [-0.25, -0.2) is 4.79 Å². The zero-order chi connectivity index (χ0) is 23.5. The Morgan fingerprint density at radius 1 is 0.939 bits per heavy atom. The van der Waals surface area contributed by atoms with Gasteiger partial charge in [0.2, 0.25) is 0 Å². The Labute approximate surface area is 197 Å². The van der Waals surface area contributed by atoms with Crippen LogP contribution in [-0.4, -0.2) is 27.9 Å². The van der Waals surface area contributed by atoms with Gasteiger partial charge in [0, 0.05) is 52.3 Å². The molecule has 3 aromatic carbocycles. The lowest BCUT2D eigenvalue weighted by Gasteiger charge is -2.07. The summed E-state index contributed by atoms with van der Waals surface area (Å²) in [6.07, 6.45) is 0.832. The highest BCUT2D eigenvalue weighted by atomic mass is 35.5. The molecule has 1 aromatic heterocycles. The van der Waals surface area contributed by atoms with Crippen molar-refractivity contribution in [2.45, 2.75) is 33.7 Å². The summed E-state index contributed by atoms with van der Waals surface area (Å²) in [5, 5.41) is 5.92. The van der Waals surface area contributed by atoms with Gasteiger partial charge in [0.1, 0.15) is 0 Å². The second kappa shape index (κ2) is 9.59. The van der Waals surface area contributed by atoms with E-state index in [2.05, 4.69) is 9.72 Å². The molecule has 6 heteroatoms. The number of hydrogen-bond donors (Lipinski definition) is 0. The van der Waals surface area contributed by atoms with Crippen LogP contribution >= 0.6 is 11.6 Å². The Morgan fingerprint density at radius 2 is 1.58 bits per heavy atom. The number of halogens is 1. The molecule has 168 valence electrons. The van der Waals surface area contributed by atoms with Gasteiger partial charge in [-0.1, -0.05) is 35.5 Å². The number of aromatic nitrogens is 1. The third-order valence-electron chi connectivity index (χ3n) is 5.76. The van der Waals surface area contributed by atoms with Crippen molar-refractivity contribution in [1.29, 1.82) is 0 Å². The van der Waals surface area contributed by atoms with Gasteiger partial charge in [-0.15, -0.1) is 11.6 Å². The second-order valence-electron chi connectivity index (χ2n) is 8.06. The van der Waals surface area contributed by atoms with E-state index in [0.29, 0.717) is 22.7 Å². The molecule has 4 aromatic rings. The SMILES string of the molecule is CC(=O)O/N=C(\C)c1ccc2c(c1)c1cc(C(=O)c3ccccc3C)ccc1n2CCCCl. The minimum absolute atomic E-state index is 0.000383. The minimum Gasteiger partial charge on any atom is -0.340 e. The molecule has 0 amide bonds. The highest BCUT2D eigenvalue weighted by Gasteiger charge is 2.16. The van der Waals surface area contributed by atoms with Gasteiger partial charge in [-0.2, -0.15) is 0 Å². The first-order valence-corrected chi connectivity index (χ1v) is 11.4. The normalized spacial score (nSPS) is 11.8. The van der Waals surface area contributed by atoms with Crippen LogP contribution in [0.2, 0.25) is 0 Å². The van der Waals surface area contributed by atoms with Gasteiger partial charge < -0.3 is 9.40 Å². The van der Waals surface area contributed by atoms with E-state index in [1.807, 2.05) is 67.6 Å². The fraction of sp³-hybridized carbons (Fsp3) is 0.222.